The van der Waals surface area contributed by atoms with Crippen LogP contribution in [0.2, 0.25) is 0 Å². The third-order valence-electron chi connectivity index (χ3n) is 3.56. The zero-order valence-corrected chi connectivity index (χ0v) is 12.3. The van der Waals surface area contributed by atoms with Gasteiger partial charge in [0.25, 0.3) is 0 Å². The van der Waals surface area contributed by atoms with Crippen molar-refractivity contribution in [3.63, 3.8) is 0 Å². The summed E-state index contributed by atoms with van der Waals surface area (Å²) in [6.07, 6.45) is 0.0673. The van der Waals surface area contributed by atoms with Gasteiger partial charge in [0, 0.05) is 19.2 Å². The van der Waals surface area contributed by atoms with Crippen LogP contribution in [0.3, 0.4) is 0 Å². The highest BCUT2D eigenvalue weighted by Gasteiger charge is 2.29. The van der Waals surface area contributed by atoms with Crippen LogP contribution in [0, 0.1) is 0 Å². The molecule has 2 aromatic carbocycles. The zero-order valence-electron chi connectivity index (χ0n) is 12.3. The van der Waals surface area contributed by atoms with Crippen molar-refractivity contribution in [1.29, 1.82) is 0 Å². The van der Waals surface area contributed by atoms with Crippen molar-refractivity contribution in [3.8, 4) is 0 Å². The van der Waals surface area contributed by atoms with Crippen LogP contribution >= 0.6 is 0 Å². The molecule has 0 unspecified atom stereocenters. The molecule has 0 fully saturated rings. The van der Waals surface area contributed by atoms with Crippen molar-refractivity contribution in [2.75, 3.05) is 0 Å². The lowest BCUT2D eigenvalue weighted by molar-refractivity contribution is -0.137. The van der Waals surface area contributed by atoms with E-state index in [1.54, 1.807) is 6.33 Å². The van der Waals surface area contributed by atoms with Crippen molar-refractivity contribution in [1.82, 2.24) is 9.55 Å². The minimum atomic E-state index is -4.30. The standard InChI is InChI=1S/C18H15F3N2/c19-18(20,21)16-8-6-15(7-9-16)11-23-12-17(22-13-23)10-14-4-2-1-3-5-14/h1-9,12-13H,10-11H2. The summed E-state index contributed by atoms with van der Waals surface area (Å²) < 4.78 is 39.5. The molecular weight excluding hydrogens is 301 g/mol. The van der Waals surface area contributed by atoms with Crippen LogP contribution < -0.4 is 0 Å². The molecule has 0 spiro atoms. The van der Waals surface area contributed by atoms with Crippen LogP contribution in [0.1, 0.15) is 22.4 Å². The topological polar surface area (TPSA) is 17.8 Å². The van der Waals surface area contributed by atoms with Gasteiger partial charge in [-0.05, 0) is 23.3 Å². The second kappa shape index (κ2) is 6.28. The maximum Gasteiger partial charge on any atom is 0.416 e. The van der Waals surface area contributed by atoms with Crippen LogP contribution in [-0.2, 0) is 19.1 Å². The largest absolute Gasteiger partial charge is 0.416 e. The average Bonchev–Trinajstić information content (AvgIpc) is 2.95. The quantitative estimate of drug-likeness (QED) is 0.691. The summed E-state index contributed by atoms with van der Waals surface area (Å²) in [5.41, 5.74) is 2.29. The van der Waals surface area contributed by atoms with Gasteiger partial charge in [0.1, 0.15) is 0 Å². The molecule has 0 saturated heterocycles. The predicted octanol–water partition coefficient (Wildman–Crippen LogP) is 4.54. The highest BCUT2D eigenvalue weighted by atomic mass is 19.4. The maximum absolute atomic E-state index is 12.5. The molecule has 1 heterocycles. The maximum atomic E-state index is 12.5. The van der Waals surface area contributed by atoms with Crippen molar-refractivity contribution in [3.05, 3.63) is 89.5 Å². The number of halogens is 3. The van der Waals surface area contributed by atoms with Crippen molar-refractivity contribution in [2.45, 2.75) is 19.1 Å². The van der Waals surface area contributed by atoms with E-state index in [2.05, 4.69) is 4.98 Å². The number of nitrogens with zero attached hydrogens (tertiary/aromatic N) is 2. The second-order valence-corrected chi connectivity index (χ2v) is 5.39. The second-order valence-electron chi connectivity index (χ2n) is 5.39. The summed E-state index contributed by atoms with van der Waals surface area (Å²) in [4.78, 5) is 4.35. The molecule has 3 aromatic rings. The lowest BCUT2D eigenvalue weighted by Crippen LogP contribution is -2.05. The number of rotatable bonds is 4. The number of imidazole rings is 1. The molecule has 3 rings (SSSR count). The molecule has 0 aliphatic heterocycles. The number of benzene rings is 2. The Hall–Kier alpha value is -2.56. The molecule has 0 atom stereocenters. The lowest BCUT2D eigenvalue weighted by Gasteiger charge is -2.08. The fourth-order valence-electron chi connectivity index (χ4n) is 2.40. The Balaban J connectivity index is 1.67. The smallest absolute Gasteiger partial charge is 0.333 e. The number of hydrogen-bond donors (Lipinski definition) is 0. The molecule has 1 aromatic heterocycles. The van der Waals surface area contributed by atoms with Crippen LogP contribution in [0.5, 0.6) is 0 Å². The molecule has 0 N–H and O–H groups in total. The third kappa shape index (κ3) is 4.00. The molecule has 0 aliphatic carbocycles. The van der Waals surface area contributed by atoms with E-state index in [1.807, 2.05) is 41.1 Å². The Bertz CT molecular complexity index is 759. The molecule has 0 aliphatic rings. The van der Waals surface area contributed by atoms with Crippen molar-refractivity contribution in [2.24, 2.45) is 0 Å². The van der Waals surface area contributed by atoms with E-state index in [1.165, 1.54) is 17.7 Å². The SMILES string of the molecule is FC(F)(F)c1ccc(Cn2cnc(Cc3ccccc3)c2)cc1. The first-order chi connectivity index (χ1) is 11.0. The highest BCUT2D eigenvalue weighted by molar-refractivity contribution is 5.25. The Labute approximate surface area is 132 Å². The Morgan fingerprint density at radius 1 is 0.870 bits per heavy atom. The summed E-state index contributed by atoms with van der Waals surface area (Å²) >= 11 is 0. The molecule has 2 nitrogen and oxygen atoms in total. The summed E-state index contributed by atoms with van der Waals surface area (Å²) in [6, 6.07) is 15.2. The minimum Gasteiger partial charge on any atom is -0.333 e. The third-order valence-corrected chi connectivity index (χ3v) is 3.56. The van der Waals surface area contributed by atoms with Gasteiger partial charge in [0.15, 0.2) is 0 Å². The Morgan fingerprint density at radius 2 is 1.57 bits per heavy atom. The van der Waals surface area contributed by atoms with E-state index >= 15 is 0 Å². The number of hydrogen-bond acceptors (Lipinski definition) is 1. The summed E-state index contributed by atoms with van der Waals surface area (Å²) in [5.74, 6) is 0. The van der Waals surface area contributed by atoms with E-state index in [0.29, 0.717) is 6.54 Å². The molecule has 0 bridgehead atoms. The highest BCUT2D eigenvalue weighted by Crippen LogP contribution is 2.29. The molecule has 5 heteroatoms. The van der Waals surface area contributed by atoms with E-state index < -0.39 is 11.7 Å². The van der Waals surface area contributed by atoms with Crippen LogP contribution in [0.25, 0.3) is 0 Å². The van der Waals surface area contributed by atoms with Crippen molar-refractivity contribution >= 4 is 0 Å². The fraction of sp³-hybridized carbons (Fsp3) is 0.167. The van der Waals surface area contributed by atoms with Gasteiger partial charge in [-0.25, -0.2) is 4.98 Å². The molecule has 118 valence electrons. The lowest BCUT2D eigenvalue weighted by atomic mass is 10.1. The summed E-state index contributed by atoms with van der Waals surface area (Å²) in [6.45, 7) is 0.500. The van der Waals surface area contributed by atoms with E-state index in [-0.39, 0.29) is 0 Å². The summed E-state index contributed by atoms with van der Waals surface area (Å²) in [7, 11) is 0. The fourth-order valence-corrected chi connectivity index (χ4v) is 2.40. The predicted molar refractivity (Wildman–Crippen MR) is 82.0 cm³/mol. The van der Waals surface area contributed by atoms with E-state index in [4.69, 9.17) is 0 Å². The van der Waals surface area contributed by atoms with Gasteiger partial charge in [-0.2, -0.15) is 13.2 Å². The molecule has 0 saturated carbocycles. The minimum absolute atomic E-state index is 0.500. The van der Waals surface area contributed by atoms with Gasteiger partial charge in [-0.3, -0.25) is 0 Å². The van der Waals surface area contributed by atoms with Crippen LogP contribution in [-0.4, -0.2) is 9.55 Å². The van der Waals surface area contributed by atoms with E-state index in [0.717, 1.165) is 29.8 Å². The first-order valence-electron chi connectivity index (χ1n) is 7.21. The Kier molecular flexibility index (Phi) is 4.19. The first-order valence-corrected chi connectivity index (χ1v) is 7.21. The van der Waals surface area contributed by atoms with Crippen LogP contribution in [0.4, 0.5) is 13.2 Å². The van der Waals surface area contributed by atoms with Crippen molar-refractivity contribution < 1.29 is 13.2 Å². The van der Waals surface area contributed by atoms with Gasteiger partial charge in [0.2, 0.25) is 0 Å². The molecule has 0 radical (unpaired) electrons. The normalized spacial score (nSPS) is 11.6. The van der Waals surface area contributed by atoms with E-state index in [9.17, 15) is 13.2 Å². The van der Waals surface area contributed by atoms with Gasteiger partial charge < -0.3 is 4.57 Å². The average molecular weight is 316 g/mol. The van der Waals surface area contributed by atoms with Gasteiger partial charge >= 0.3 is 6.18 Å². The Morgan fingerprint density at radius 3 is 2.22 bits per heavy atom. The first kappa shape index (κ1) is 15.3. The monoisotopic (exact) mass is 316 g/mol. The number of alkyl halides is 3. The molecule has 0 amide bonds. The molecule has 23 heavy (non-hydrogen) atoms. The van der Waals surface area contributed by atoms with Gasteiger partial charge in [-0.1, -0.05) is 42.5 Å². The zero-order chi connectivity index (χ0) is 16.3. The molecular formula is C18H15F3N2. The van der Waals surface area contributed by atoms with Gasteiger partial charge in [-0.15, -0.1) is 0 Å². The van der Waals surface area contributed by atoms with Crippen LogP contribution in [0.15, 0.2) is 67.1 Å². The van der Waals surface area contributed by atoms with Gasteiger partial charge in [0.05, 0.1) is 17.6 Å². The number of aromatic nitrogens is 2. The summed E-state index contributed by atoms with van der Waals surface area (Å²) in [5, 5.41) is 0.